The maximum atomic E-state index is 11.3. The fourth-order valence-electron chi connectivity index (χ4n) is 3.06. The molecule has 1 unspecified atom stereocenters. The Kier molecular flexibility index (Phi) is 13.5. The van der Waals surface area contributed by atoms with Gasteiger partial charge in [0.2, 0.25) is 0 Å². The van der Waals surface area contributed by atoms with Crippen LogP contribution in [0.15, 0.2) is 35.2 Å². The molecule has 0 aliphatic carbocycles. The van der Waals surface area contributed by atoms with Gasteiger partial charge in [0.05, 0.1) is 5.97 Å². The Labute approximate surface area is 158 Å². The number of aliphatic carboxylic acids is 1. The average molecular weight is 364 g/mol. The third-order valence-electron chi connectivity index (χ3n) is 4.60. The van der Waals surface area contributed by atoms with E-state index in [0.717, 1.165) is 17.7 Å². The van der Waals surface area contributed by atoms with E-state index < -0.39 is 11.2 Å². The fraction of sp³-hybridized carbons (Fsp3) is 0.682. The molecule has 0 heterocycles. The van der Waals surface area contributed by atoms with Gasteiger partial charge < -0.3 is 9.90 Å². The third-order valence-corrected chi connectivity index (χ3v) is 5.86. The molecule has 0 radical (unpaired) electrons. The molecule has 0 amide bonds. The van der Waals surface area contributed by atoms with Crippen LogP contribution in [0.25, 0.3) is 0 Å². The van der Waals surface area contributed by atoms with Crippen LogP contribution in [0.5, 0.6) is 0 Å². The molecule has 1 rings (SSSR count). The fourth-order valence-corrected chi connectivity index (χ4v) is 4.08. The summed E-state index contributed by atoms with van der Waals surface area (Å²) in [6, 6.07) is 9.76. The minimum Gasteiger partial charge on any atom is -0.549 e. The Bertz CT molecular complexity index is 433. The molecule has 3 heteroatoms. The van der Waals surface area contributed by atoms with E-state index in [1.165, 1.54) is 76.0 Å². The summed E-state index contributed by atoms with van der Waals surface area (Å²) in [4.78, 5) is 12.3. The Hall–Kier alpha value is -0.960. The Morgan fingerprint density at radius 2 is 1.32 bits per heavy atom. The van der Waals surface area contributed by atoms with Crippen molar-refractivity contribution in [2.75, 3.05) is 0 Å². The number of carboxylic acid groups (broad SMARTS) is 1. The second-order valence-corrected chi connectivity index (χ2v) is 8.19. The number of hydrogen-bond donors (Lipinski definition) is 0. The summed E-state index contributed by atoms with van der Waals surface area (Å²) in [5.74, 6) is -0.933. The summed E-state index contributed by atoms with van der Waals surface area (Å²) in [6.45, 7) is 2.26. The number of benzene rings is 1. The van der Waals surface area contributed by atoms with E-state index in [0.29, 0.717) is 6.42 Å². The van der Waals surface area contributed by atoms with Crippen LogP contribution in [-0.2, 0) is 4.79 Å². The van der Waals surface area contributed by atoms with Crippen molar-refractivity contribution in [1.82, 2.24) is 0 Å². The first-order chi connectivity index (χ1) is 12.2. The number of hydrogen-bond acceptors (Lipinski definition) is 3. The number of carbonyl (C=O) groups excluding carboxylic acids is 1. The van der Waals surface area contributed by atoms with Crippen LogP contribution in [0.2, 0.25) is 0 Å². The van der Waals surface area contributed by atoms with Gasteiger partial charge in [-0.25, -0.2) is 0 Å². The van der Waals surface area contributed by atoms with Gasteiger partial charge in [-0.1, -0.05) is 102 Å². The molecular formula is C22H35O2S-. The van der Waals surface area contributed by atoms with Gasteiger partial charge in [-0.05, 0) is 18.6 Å². The van der Waals surface area contributed by atoms with Gasteiger partial charge in [0.25, 0.3) is 0 Å². The van der Waals surface area contributed by atoms with Crippen molar-refractivity contribution < 1.29 is 9.90 Å². The van der Waals surface area contributed by atoms with Gasteiger partial charge >= 0.3 is 0 Å². The first-order valence-electron chi connectivity index (χ1n) is 10.2. The van der Waals surface area contributed by atoms with E-state index in [9.17, 15) is 9.90 Å². The molecular weight excluding hydrogens is 328 g/mol. The van der Waals surface area contributed by atoms with E-state index in [1.807, 2.05) is 30.3 Å². The van der Waals surface area contributed by atoms with Gasteiger partial charge in [-0.15, -0.1) is 11.8 Å². The lowest BCUT2D eigenvalue weighted by molar-refractivity contribution is -0.304. The molecule has 1 atom stereocenters. The predicted octanol–water partition coefficient (Wildman–Crippen LogP) is 5.99. The highest BCUT2D eigenvalue weighted by atomic mass is 32.2. The highest BCUT2D eigenvalue weighted by molar-refractivity contribution is 8.00. The van der Waals surface area contributed by atoms with Gasteiger partial charge in [0.1, 0.15) is 0 Å². The number of carbonyl (C=O) groups is 1. The standard InChI is InChI=1S/C22H36O2S/c1-2-3-4-5-6-7-8-9-10-11-12-16-19-21(22(23)24)25-20-17-14-13-15-18-20/h13-15,17-18,21H,2-12,16,19H2,1H3,(H,23,24)/p-1. The molecule has 0 saturated heterocycles. The van der Waals surface area contributed by atoms with E-state index >= 15 is 0 Å². The molecule has 0 bridgehead atoms. The summed E-state index contributed by atoms with van der Waals surface area (Å²) in [7, 11) is 0. The van der Waals surface area contributed by atoms with Gasteiger partial charge in [-0.3, -0.25) is 0 Å². The van der Waals surface area contributed by atoms with Crippen LogP contribution in [0.4, 0.5) is 0 Å². The molecule has 0 spiro atoms. The summed E-state index contributed by atoms with van der Waals surface area (Å²) in [5, 5.41) is 10.9. The van der Waals surface area contributed by atoms with Crippen molar-refractivity contribution in [2.45, 2.75) is 101 Å². The number of unbranched alkanes of at least 4 members (excludes halogenated alkanes) is 11. The molecule has 0 aliphatic rings. The van der Waals surface area contributed by atoms with Crippen molar-refractivity contribution in [1.29, 1.82) is 0 Å². The molecule has 142 valence electrons. The third kappa shape index (κ3) is 12.1. The molecule has 2 nitrogen and oxygen atoms in total. The number of carboxylic acids is 1. The first kappa shape index (κ1) is 22.1. The zero-order chi connectivity index (χ0) is 18.2. The lowest BCUT2D eigenvalue weighted by Crippen LogP contribution is -2.33. The number of thioether (sulfide) groups is 1. The average Bonchev–Trinajstić information content (AvgIpc) is 2.62. The van der Waals surface area contributed by atoms with Gasteiger partial charge in [0, 0.05) is 10.1 Å². The highest BCUT2D eigenvalue weighted by Crippen LogP contribution is 2.26. The topological polar surface area (TPSA) is 40.1 Å². The van der Waals surface area contributed by atoms with E-state index in [2.05, 4.69) is 6.92 Å². The quantitative estimate of drug-likeness (QED) is 0.267. The molecule has 0 saturated carbocycles. The Morgan fingerprint density at radius 3 is 1.80 bits per heavy atom. The Balaban J connectivity index is 1.99. The van der Waals surface area contributed by atoms with Crippen LogP contribution in [0, 0.1) is 0 Å². The van der Waals surface area contributed by atoms with Crippen LogP contribution < -0.4 is 5.11 Å². The highest BCUT2D eigenvalue weighted by Gasteiger charge is 2.11. The lowest BCUT2D eigenvalue weighted by atomic mass is 10.0. The minimum absolute atomic E-state index is 0.425. The van der Waals surface area contributed by atoms with E-state index in [1.54, 1.807) is 0 Å². The molecule has 1 aromatic carbocycles. The number of rotatable bonds is 16. The largest absolute Gasteiger partial charge is 0.549 e. The second-order valence-electron chi connectivity index (χ2n) is 6.92. The van der Waals surface area contributed by atoms with Crippen LogP contribution in [0.1, 0.15) is 90.4 Å². The summed E-state index contributed by atoms with van der Waals surface area (Å²) >= 11 is 1.42. The van der Waals surface area contributed by atoms with Crippen molar-refractivity contribution >= 4 is 17.7 Å². The lowest BCUT2D eigenvalue weighted by Gasteiger charge is -2.17. The summed E-state index contributed by atoms with van der Waals surface area (Å²) < 4.78 is 0. The first-order valence-corrected chi connectivity index (χ1v) is 11.0. The maximum absolute atomic E-state index is 11.3. The van der Waals surface area contributed by atoms with Crippen molar-refractivity contribution in [2.24, 2.45) is 0 Å². The van der Waals surface area contributed by atoms with Gasteiger partial charge in [-0.2, -0.15) is 0 Å². The van der Waals surface area contributed by atoms with Crippen LogP contribution >= 0.6 is 11.8 Å². The SMILES string of the molecule is CCCCCCCCCCCCCCC(Sc1ccccc1)C(=O)[O-]. The van der Waals surface area contributed by atoms with Crippen LogP contribution in [0.3, 0.4) is 0 Å². The zero-order valence-electron chi connectivity index (χ0n) is 15.9. The smallest absolute Gasteiger partial charge is 0.0548 e. The summed E-state index contributed by atoms with van der Waals surface area (Å²) in [5.41, 5.74) is 0. The zero-order valence-corrected chi connectivity index (χ0v) is 16.7. The maximum Gasteiger partial charge on any atom is 0.0548 e. The molecule has 0 aliphatic heterocycles. The molecule has 25 heavy (non-hydrogen) atoms. The predicted molar refractivity (Wildman–Crippen MR) is 107 cm³/mol. The van der Waals surface area contributed by atoms with Crippen molar-refractivity contribution in [3.05, 3.63) is 30.3 Å². The van der Waals surface area contributed by atoms with Crippen LogP contribution in [-0.4, -0.2) is 11.2 Å². The summed E-state index contributed by atoms with van der Waals surface area (Å²) in [6.07, 6.45) is 16.3. The van der Waals surface area contributed by atoms with E-state index in [4.69, 9.17) is 0 Å². The normalized spacial score (nSPS) is 12.2. The monoisotopic (exact) mass is 363 g/mol. The minimum atomic E-state index is -0.933. The molecule has 1 aromatic rings. The van der Waals surface area contributed by atoms with Crippen molar-refractivity contribution in [3.8, 4) is 0 Å². The molecule has 0 fully saturated rings. The van der Waals surface area contributed by atoms with Gasteiger partial charge in [0.15, 0.2) is 0 Å². The van der Waals surface area contributed by atoms with Crippen molar-refractivity contribution in [3.63, 3.8) is 0 Å². The second kappa shape index (κ2) is 15.3. The van der Waals surface area contributed by atoms with E-state index in [-0.39, 0.29) is 0 Å². The Morgan fingerprint density at radius 1 is 0.840 bits per heavy atom. The molecule has 0 N–H and O–H groups in total. The molecule has 0 aromatic heterocycles.